The molecule has 0 bridgehead atoms. The molecule has 1 heteroatoms. The van der Waals surface area contributed by atoms with Gasteiger partial charge in [-0.2, -0.15) is 0 Å². The van der Waals surface area contributed by atoms with Crippen molar-refractivity contribution in [2.75, 3.05) is 0 Å². The normalized spacial score (nSPS) is 16.9. The lowest BCUT2D eigenvalue weighted by Gasteiger charge is -2.25. The van der Waals surface area contributed by atoms with Crippen LogP contribution in [-0.2, 0) is 0 Å². The van der Waals surface area contributed by atoms with Crippen molar-refractivity contribution in [2.45, 2.75) is 13.1 Å². The SMILES string of the molecule is C[Si]1(C)C(c2ccccc2)=CC=C1c1ccccc1. The highest BCUT2D eigenvalue weighted by atomic mass is 28.3. The molecule has 94 valence electrons. The molecule has 1 heterocycles. The van der Waals surface area contributed by atoms with E-state index >= 15 is 0 Å². The minimum atomic E-state index is -1.56. The summed E-state index contributed by atoms with van der Waals surface area (Å²) in [6.07, 6.45) is 4.65. The Morgan fingerprint density at radius 2 is 0.947 bits per heavy atom. The largest absolute Gasteiger partial charge is 0.113 e. The van der Waals surface area contributed by atoms with E-state index in [2.05, 4.69) is 85.9 Å². The lowest BCUT2D eigenvalue weighted by atomic mass is 10.2. The van der Waals surface area contributed by atoms with E-state index in [0.29, 0.717) is 0 Å². The Morgan fingerprint density at radius 3 is 1.32 bits per heavy atom. The fourth-order valence-corrected chi connectivity index (χ4v) is 5.94. The van der Waals surface area contributed by atoms with Crippen molar-refractivity contribution in [1.29, 1.82) is 0 Å². The van der Waals surface area contributed by atoms with Gasteiger partial charge in [-0.1, -0.05) is 85.9 Å². The molecule has 0 N–H and O–H groups in total. The molecule has 0 aromatic heterocycles. The first kappa shape index (κ1) is 12.2. The predicted octanol–water partition coefficient (Wildman–Crippen LogP) is 4.95. The van der Waals surface area contributed by atoms with Gasteiger partial charge in [0.25, 0.3) is 0 Å². The summed E-state index contributed by atoms with van der Waals surface area (Å²) < 4.78 is 0. The van der Waals surface area contributed by atoms with Crippen molar-refractivity contribution in [1.82, 2.24) is 0 Å². The summed E-state index contributed by atoms with van der Waals surface area (Å²) in [4.78, 5) is 0. The highest BCUT2D eigenvalue weighted by molar-refractivity contribution is 7.09. The van der Waals surface area contributed by atoms with Crippen molar-refractivity contribution in [3.8, 4) is 0 Å². The fraction of sp³-hybridized carbons (Fsp3) is 0.111. The van der Waals surface area contributed by atoms with Gasteiger partial charge in [0.15, 0.2) is 0 Å². The monoisotopic (exact) mass is 262 g/mol. The summed E-state index contributed by atoms with van der Waals surface area (Å²) in [5.74, 6) is 0. The van der Waals surface area contributed by atoms with E-state index in [0.717, 1.165) is 0 Å². The number of rotatable bonds is 2. The van der Waals surface area contributed by atoms with Gasteiger partial charge in [-0.25, -0.2) is 0 Å². The van der Waals surface area contributed by atoms with Gasteiger partial charge in [-0.15, -0.1) is 0 Å². The molecule has 0 nitrogen and oxygen atoms in total. The lowest BCUT2D eigenvalue weighted by Crippen LogP contribution is -2.28. The number of hydrogen-bond acceptors (Lipinski definition) is 0. The van der Waals surface area contributed by atoms with Crippen LogP contribution in [0.25, 0.3) is 10.4 Å². The van der Waals surface area contributed by atoms with Crippen molar-refractivity contribution in [3.05, 3.63) is 83.9 Å². The van der Waals surface area contributed by atoms with Crippen LogP contribution in [0, 0.1) is 0 Å². The maximum absolute atomic E-state index is 2.44. The quantitative estimate of drug-likeness (QED) is 0.671. The molecule has 1 aliphatic heterocycles. The first-order chi connectivity index (χ1) is 9.19. The summed E-state index contributed by atoms with van der Waals surface area (Å²) in [6.45, 7) is 4.88. The average Bonchev–Trinajstić information content (AvgIpc) is 2.76. The summed E-state index contributed by atoms with van der Waals surface area (Å²) in [5.41, 5.74) is 2.75. The Kier molecular flexibility index (Phi) is 3.00. The van der Waals surface area contributed by atoms with Gasteiger partial charge in [0.1, 0.15) is 8.07 Å². The summed E-state index contributed by atoms with van der Waals surface area (Å²) in [5, 5.41) is 3.07. The van der Waals surface area contributed by atoms with E-state index in [1.54, 1.807) is 0 Å². The smallest absolute Gasteiger partial charge is 0.0622 e. The Bertz CT molecular complexity index is 576. The van der Waals surface area contributed by atoms with Gasteiger partial charge >= 0.3 is 0 Å². The summed E-state index contributed by atoms with van der Waals surface area (Å²) in [7, 11) is -1.56. The third kappa shape index (κ3) is 2.11. The van der Waals surface area contributed by atoms with E-state index < -0.39 is 8.07 Å². The summed E-state index contributed by atoms with van der Waals surface area (Å²) >= 11 is 0. The molecule has 0 saturated heterocycles. The van der Waals surface area contributed by atoms with Gasteiger partial charge in [0.2, 0.25) is 0 Å². The lowest BCUT2D eigenvalue weighted by molar-refractivity contribution is 1.62. The van der Waals surface area contributed by atoms with Crippen molar-refractivity contribution in [3.63, 3.8) is 0 Å². The van der Waals surface area contributed by atoms with Crippen LogP contribution in [0.3, 0.4) is 0 Å². The maximum atomic E-state index is 2.44. The standard InChI is InChI=1S/C18H18Si/c1-19(2)17(15-9-5-3-6-10-15)13-14-18(19)16-11-7-4-8-12-16/h3-14H,1-2H3. The van der Waals surface area contributed by atoms with Crippen LogP contribution in [0.5, 0.6) is 0 Å². The van der Waals surface area contributed by atoms with Gasteiger partial charge in [-0.3, -0.25) is 0 Å². The second-order valence-electron chi connectivity index (χ2n) is 5.52. The van der Waals surface area contributed by atoms with Crippen LogP contribution in [0.15, 0.2) is 72.8 Å². The van der Waals surface area contributed by atoms with Crippen molar-refractivity contribution < 1.29 is 0 Å². The predicted molar refractivity (Wildman–Crippen MR) is 86.3 cm³/mol. The van der Waals surface area contributed by atoms with Gasteiger partial charge in [-0.05, 0) is 21.5 Å². The van der Waals surface area contributed by atoms with E-state index in [-0.39, 0.29) is 0 Å². The maximum Gasteiger partial charge on any atom is 0.113 e. The topological polar surface area (TPSA) is 0 Å². The molecule has 0 atom stereocenters. The number of benzene rings is 2. The van der Waals surface area contributed by atoms with E-state index in [9.17, 15) is 0 Å². The van der Waals surface area contributed by atoms with Crippen LogP contribution in [0.2, 0.25) is 13.1 Å². The highest BCUT2D eigenvalue weighted by Crippen LogP contribution is 2.41. The Morgan fingerprint density at radius 1 is 0.579 bits per heavy atom. The zero-order chi connectivity index (χ0) is 13.3. The molecule has 0 unspecified atom stereocenters. The number of hydrogen-bond donors (Lipinski definition) is 0. The van der Waals surface area contributed by atoms with Crippen LogP contribution < -0.4 is 0 Å². The molecule has 2 aromatic carbocycles. The second-order valence-corrected chi connectivity index (χ2v) is 9.85. The van der Waals surface area contributed by atoms with E-state index in [1.165, 1.54) is 21.5 Å². The van der Waals surface area contributed by atoms with Crippen LogP contribution in [-0.4, -0.2) is 8.07 Å². The third-order valence-electron chi connectivity index (χ3n) is 3.93. The molecule has 0 saturated carbocycles. The molecule has 2 aromatic rings. The minimum absolute atomic E-state index is 1.38. The first-order valence-electron chi connectivity index (χ1n) is 6.73. The first-order valence-corrected chi connectivity index (χ1v) is 9.73. The molecule has 1 aliphatic rings. The Labute approximate surface area is 116 Å². The Hall–Kier alpha value is -1.86. The molecular formula is C18H18Si. The zero-order valence-corrected chi connectivity index (χ0v) is 12.4. The molecule has 3 rings (SSSR count). The average molecular weight is 262 g/mol. The van der Waals surface area contributed by atoms with Crippen LogP contribution in [0.1, 0.15) is 11.1 Å². The van der Waals surface area contributed by atoms with Gasteiger partial charge in [0, 0.05) is 0 Å². The molecule has 0 aliphatic carbocycles. The molecule has 0 amide bonds. The van der Waals surface area contributed by atoms with E-state index in [4.69, 9.17) is 0 Å². The zero-order valence-electron chi connectivity index (χ0n) is 11.4. The van der Waals surface area contributed by atoms with E-state index in [1.807, 2.05) is 0 Å². The molecule has 0 fully saturated rings. The third-order valence-corrected chi connectivity index (χ3v) is 7.54. The van der Waals surface area contributed by atoms with Crippen LogP contribution in [0.4, 0.5) is 0 Å². The van der Waals surface area contributed by atoms with Crippen molar-refractivity contribution in [2.24, 2.45) is 0 Å². The van der Waals surface area contributed by atoms with Gasteiger partial charge in [0.05, 0.1) is 0 Å². The molecule has 0 radical (unpaired) electrons. The second kappa shape index (κ2) is 4.67. The Balaban J connectivity index is 1.99. The number of allylic oxidation sites excluding steroid dienone is 2. The van der Waals surface area contributed by atoms with Crippen LogP contribution >= 0.6 is 0 Å². The summed E-state index contributed by atoms with van der Waals surface area (Å²) in [6, 6.07) is 21.6. The fourth-order valence-electron chi connectivity index (χ4n) is 2.88. The van der Waals surface area contributed by atoms with Gasteiger partial charge < -0.3 is 0 Å². The molecule has 0 spiro atoms. The highest BCUT2D eigenvalue weighted by Gasteiger charge is 2.34. The minimum Gasteiger partial charge on any atom is -0.0622 e. The van der Waals surface area contributed by atoms with Crippen molar-refractivity contribution >= 4 is 18.5 Å². The molecular weight excluding hydrogens is 244 g/mol. The molecule has 19 heavy (non-hydrogen) atoms.